The van der Waals surface area contributed by atoms with Crippen LogP contribution in [0.1, 0.15) is 88.5 Å². The SMILES string of the molecule is C=C[C@]1(C)C[C@@H](OC(=O)CSc2nc(C)c(C(=O)OCC)c(C)n2)[C@]2(C)[C@H](C)CC[C@]3(CCC(=O)[C@H]32)[C@@H](C)[C@@H]1O. The molecule has 0 aliphatic heterocycles. The summed E-state index contributed by atoms with van der Waals surface area (Å²) in [5, 5.41) is 12.0. The molecule has 40 heavy (non-hydrogen) atoms. The van der Waals surface area contributed by atoms with Gasteiger partial charge in [-0.15, -0.1) is 6.58 Å². The molecule has 8 atom stereocenters. The molecule has 0 unspecified atom stereocenters. The van der Waals surface area contributed by atoms with Crippen molar-refractivity contribution in [2.75, 3.05) is 12.4 Å². The average Bonchev–Trinajstić information content (AvgIpc) is 3.25. The number of carbonyl (C=O) groups is 3. The van der Waals surface area contributed by atoms with E-state index in [1.807, 2.05) is 6.92 Å². The fraction of sp³-hybridized carbons (Fsp3) is 0.710. The van der Waals surface area contributed by atoms with E-state index in [0.717, 1.165) is 31.0 Å². The van der Waals surface area contributed by atoms with Gasteiger partial charge in [0.25, 0.3) is 0 Å². The minimum absolute atomic E-state index is 0.0217. The Morgan fingerprint density at radius 2 is 1.82 bits per heavy atom. The lowest BCUT2D eigenvalue weighted by Crippen LogP contribution is -2.63. The van der Waals surface area contributed by atoms with Crippen LogP contribution in [0, 0.1) is 47.8 Å². The number of aliphatic hydroxyl groups excluding tert-OH is 1. The number of carbonyl (C=O) groups excluding carboxylic acids is 3. The monoisotopic (exact) mass is 572 g/mol. The summed E-state index contributed by atoms with van der Waals surface area (Å²) in [7, 11) is 0. The Morgan fingerprint density at radius 3 is 2.42 bits per heavy atom. The fourth-order valence-corrected chi connectivity index (χ4v) is 8.78. The van der Waals surface area contributed by atoms with Gasteiger partial charge >= 0.3 is 11.9 Å². The first-order chi connectivity index (χ1) is 18.7. The highest BCUT2D eigenvalue weighted by atomic mass is 32.2. The van der Waals surface area contributed by atoms with Crippen molar-refractivity contribution in [1.29, 1.82) is 0 Å². The van der Waals surface area contributed by atoms with Crippen molar-refractivity contribution < 1.29 is 29.0 Å². The zero-order chi connectivity index (χ0) is 29.6. The lowest BCUT2D eigenvalue weighted by atomic mass is 9.44. The van der Waals surface area contributed by atoms with Gasteiger partial charge in [-0.05, 0) is 63.7 Å². The fourth-order valence-electron chi connectivity index (χ4n) is 8.07. The number of hydrogen-bond acceptors (Lipinski definition) is 9. The van der Waals surface area contributed by atoms with Crippen LogP contribution in [0.25, 0.3) is 0 Å². The lowest BCUT2D eigenvalue weighted by Gasteiger charge is -2.61. The summed E-state index contributed by atoms with van der Waals surface area (Å²) < 4.78 is 11.4. The van der Waals surface area contributed by atoms with E-state index in [0.29, 0.717) is 34.9 Å². The Labute approximate surface area is 242 Å². The molecule has 3 aliphatic carbocycles. The van der Waals surface area contributed by atoms with Gasteiger partial charge in [0.05, 0.1) is 29.9 Å². The normalized spacial score (nSPS) is 37.2. The lowest BCUT2D eigenvalue weighted by molar-refractivity contribution is -0.205. The number of aryl methyl sites for hydroxylation is 2. The van der Waals surface area contributed by atoms with E-state index in [9.17, 15) is 19.5 Å². The van der Waals surface area contributed by atoms with Gasteiger partial charge in [-0.2, -0.15) is 0 Å². The van der Waals surface area contributed by atoms with Crippen LogP contribution in [-0.2, 0) is 19.1 Å². The second kappa shape index (κ2) is 11.2. The van der Waals surface area contributed by atoms with Crippen LogP contribution in [0.4, 0.5) is 0 Å². The highest BCUT2D eigenvalue weighted by Gasteiger charge is 2.68. The van der Waals surface area contributed by atoms with Crippen molar-refractivity contribution in [2.45, 2.75) is 97.9 Å². The molecule has 0 radical (unpaired) electrons. The van der Waals surface area contributed by atoms with Gasteiger partial charge in [0.15, 0.2) is 5.16 Å². The first kappa shape index (κ1) is 30.7. The topological polar surface area (TPSA) is 116 Å². The number of Topliss-reactive ketones (excluding diaryl/α,β-unsaturated/α-hetero) is 1. The Hall–Kier alpha value is -2.26. The third-order valence-corrected chi connectivity index (χ3v) is 11.4. The van der Waals surface area contributed by atoms with E-state index < -0.39 is 35.0 Å². The molecule has 3 saturated carbocycles. The second-order valence-corrected chi connectivity index (χ2v) is 13.6. The Kier molecular flexibility index (Phi) is 8.59. The van der Waals surface area contributed by atoms with Gasteiger partial charge in [-0.25, -0.2) is 14.8 Å². The van der Waals surface area contributed by atoms with Gasteiger partial charge in [-0.3, -0.25) is 9.59 Å². The molecule has 4 rings (SSSR count). The number of ether oxygens (including phenoxy) is 2. The van der Waals surface area contributed by atoms with Crippen molar-refractivity contribution in [1.82, 2.24) is 9.97 Å². The molecule has 2 bridgehead atoms. The molecule has 1 N–H and O–H groups in total. The molecule has 3 fully saturated rings. The number of esters is 2. The molecule has 0 amide bonds. The number of aliphatic hydroxyl groups is 1. The quantitative estimate of drug-likeness (QED) is 0.202. The average molecular weight is 573 g/mol. The van der Waals surface area contributed by atoms with Crippen molar-refractivity contribution in [3.8, 4) is 0 Å². The molecule has 0 aromatic carbocycles. The number of thioether (sulfide) groups is 1. The number of aromatic nitrogens is 2. The summed E-state index contributed by atoms with van der Waals surface area (Å²) in [5.41, 5.74) is -0.234. The first-order valence-electron chi connectivity index (χ1n) is 14.4. The number of hydrogen-bond donors (Lipinski definition) is 1. The molecule has 220 valence electrons. The molecule has 3 aliphatic rings. The molecule has 1 heterocycles. The van der Waals surface area contributed by atoms with E-state index in [-0.39, 0.29) is 41.3 Å². The molecule has 1 aromatic rings. The summed E-state index contributed by atoms with van der Waals surface area (Å²) in [6, 6.07) is 0. The van der Waals surface area contributed by atoms with Gasteiger partial charge in [-0.1, -0.05) is 45.5 Å². The van der Waals surface area contributed by atoms with Gasteiger partial charge in [0.1, 0.15) is 17.5 Å². The number of ketones is 1. The third kappa shape index (κ3) is 4.91. The predicted octanol–water partition coefficient (Wildman–Crippen LogP) is 5.27. The van der Waals surface area contributed by atoms with Crippen LogP contribution in [0.3, 0.4) is 0 Å². The van der Waals surface area contributed by atoms with Crippen LogP contribution >= 0.6 is 11.8 Å². The first-order valence-corrected chi connectivity index (χ1v) is 15.4. The van der Waals surface area contributed by atoms with E-state index in [1.54, 1.807) is 26.8 Å². The molecule has 1 aromatic heterocycles. The molecule has 0 spiro atoms. The second-order valence-electron chi connectivity index (χ2n) is 12.6. The maximum absolute atomic E-state index is 13.5. The molecule has 9 heteroatoms. The zero-order valence-electron chi connectivity index (χ0n) is 24.9. The van der Waals surface area contributed by atoms with E-state index in [2.05, 4.69) is 37.3 Å². The van der Waals surface area contributed by atoms with Crippen LogP contribution in [-0.4, -0.2) is 57.4 Å². The molecular formula is C31H44N2O6S. The van der Waals surface area contributed by atoms with Gasteiger partial charge in [0.2, 0.25) is 0 Å². The zero-order valence-corrected chi connectivity index (χ0v) is 25.7. The minimum atomic E-state index is -0.704. The van der Waals surface area contributed by atoms with Crippen molar-refractivity contribution >= 4 is 29.5 Å². The Morgan fingerprint density at radius 1 is 1.18 bits per heavy atom. The summed E-state index contributed by atoms with van der Waals surface area (Å²) in [5.74, 6) is -0.860. The van der Waals surface area contributed by atoms with Crippen molar-refractivity contribution in [3.05, 3.63) is 29.6 Å². The van der Waals surface area contributed by atoms with E-state index >= 15 is 0 Å². The molecule has 8 nitrogen and oxygen atoms in total. The number of rotatable bonds is 7. The smallest absolute Gasteiger partial charge is 0.341 e. The number of nitrogens with zero attached hydrogens (tertiary/aromatic N) is 2. The standard InChI is InChI=1S/C31H44N2O6S/c1-9-29(7)15-22(30(8)17(3)11-13-31(18(4)26(29)36)14-12-21(34)25(30)31)39-23(35)16-40-28-32-19(5)24(20(6)33-28)27(37)38-10-2/h9,17-18,22,25-26,36H,1,10-16H2,2-8H3/t17-,18+,22-,25+,26+,29-,30+,31+/m1/s1. The highest BCUT2D eigenvalue weighted by molar-refractivity contribution is 7.99. The van der Waals surface area contributed by atoms with Gasteiger partial charge in [0, 0.05) is 23.2 Å². The van der Waals surface area contributed by atoms with Crippen LogP contribution in [0.5, 0.6) is 0 Å². The van der Waals surface area contributed by atoms with E-state index in [4.69, 9.17) is 9.47 Å². The van der Waals surface area contributed by atoms with Crippen LogP contribution in [0.2, 0.25) is 0 Å². The Balaban J connectivity index is 1.61. The highest BCUT2D eigenvalue weighted by Crippen LogP contribution is 2.68. The summed E-state index contributed by atoms with van der Waals surface area (Å²) >= 11 is 1.15. The largest absolute Gasteiger partial charge is 0.462 e. The predicted molar refractivity (Wildman–Crippen MR) is 153 cm³/mol. The molecular weight excluding hydrogens is 528 g/mol. The summed E-state index contributed by atoms with van der Waals surface area (Å²) in [4.78, 5) is 48.0. The maximum Gasteiger partial charge on any atom is 0.341 e. The maximum atomic E-state index is 13.5. The Bertz CT molecular complexity index is 1180. The summed E-state index contributed by atoms with van der Waals surface area (Å²) in [6.45, 7) is 17.9. The van der Waals surface area contributed by atoms with Crippen molar-refractivity contribution in [3.63, 3.8) is 0 Å². The molecule has 0 saturated heterocycles. The summed E-state index contributed by atoms with van der Waals surface area (Å²) in [6.07, 6.45) is 3.99. The van der Waals surface area contributed by atoms with Crippen molar-refractivity contribution in [2.24, 2.45) is 34.0 Å². The van der Waals surface area contributed by atoms with Gasteiger partial charge < -0.3 is 14.6 Å². The van der Waals surface area contributed by atoms with E-state index in [1.165, 1.54) is 0 Å². The third-order valence-electron chi connectivity index (χ3n) is 10.6. The van der Waals surface area contributed by atoms with Crippen LogP contribution in [0.15, 0.2) is 17.8 Å². The van der Waals surface area contributed by atoms with Crippen LogP contribution < -0.4 is 0 Å². The minimum Gasteiger partial charge on any atom is -0.462 e.